The maximum atomic E-state index is 11.7. The van der Waals surface area contributed by atoms with Crippen molar-refractivity contribution in [3.63, 3.8) is 0 Å². The average Bonchev–Trinajstić information content (AvgIpc) is 2.14. The zero-order chi connectivity index (χ0) is 13.9. The number of esters is 1. The van der Waals surface area contributed by atoms with Gasteiger partial charge in [0.05, 0.1) is 17.7 Å². The molecule has 0 spiro atoms. The Kier molecular flexibility index (Phi) is 5.10. The Morgan fingerprint density at radius 1 is 1.35 bits per heavy atom. The number of aliphatic hydroxyl groups is 1. The van der Waals surface area contributed by atoms with Crippen molar-refractivity contribution < 1.29 is 19.4 Å². The number of carbonyl (C=O) groups is 2. The van der Waals surface area contributed by atoms with Crippen LogP contribution in [0, 0.1) is 0 Å². The van der Waals surface area contributed by atoms with Gasteiger partial charge in [-0.1, -0.05) is 0 Å². The fourth-order valence-electron chi connectivity index (χ4n) is 0.878. The molecule has 0 saturated heterocycles. The van der Waals surface area contributed by atoms with Gasteiger partial charge in [0.2, 0.25) is 5.91 Å². The van der Waals surface area contributed by atoms with Crippen LogP contribution in [0.1, 0.15) is 34.6 Å². The summed E-state index contributed by atoms with van der Waals surface area (Å²) >= 11 is 0. The molecule has 0 aromatic heterocycles. The Bertz CT molecular complexity index is 294. The Hall–Kier alpha value is -1.14. The third kappa shape index (κ3) is 4.32. The molecule has 17 heavy (non-hydrogen) atoms. The van der Waals surface area contributed by atoms with Crippen molar-refractivity contribution >= 4 is 11.9 Å². The van der Waals surface area contributed by atoms with E-state index in [9.17, 15) is 14.7 Å². The van der Waals surface area contributed by atoms with E-state index in [4.69, 9.17) is 5.73 Å². The SMILES string of the molecule is CCOC(=O)C(N)C(=O)NC(C)(C)C(C)(C)O. The van der Waals surface area contributed by atoms with E-state index >= 15 is 0 Å². The van der Waals surface area contributed by atoms with Crippen molar-refractivity contribution in [2.75, 3.05) is 6.61 Å². The number of amides is 1. The average molecular weight is 246 g/mol. The number of rotatable bonds is 5. The summed E-state index contributed by atoms with van der Waals surface area (Å²) in [5.74, 6) is -1.45. The first kappa shape index (κ1) is 15.9. The van der Waals surface area contributed by atoms with E-state index in [2.05, 4.69) is 10.1 Å². The number of nitrogens with two attached hydrogens (primary N) is 1. The highest BCUT2D eigenvalue weighted by atomic mass is 16.5. The molecule has 0 aliphatic rings. The van der Waals surface area contributed by atoms with Gasteiger partial charge in [-0.3, -0.25) is 4.79 Å². The number of carbonyl (C=O) groups excluding carboxylic acids is 2. The summed E-state index contributed by atoms with van der Waals surface area (Å²) in [6, 6.07) is -1.38. The molecular weight excluding hydrogens is 224 g/mol. The molecule has 0 aromatic carbocycles. The number of hydrogen-bond acceptors (Lipinski definition) is 5. The van der Waals surface area contributed by atoms with Crippen LogP contribution in [-0.2, 0) is 14.3 Å². The van der Waals surface area contributed by atoms with E-state index in [0.29, 0.717) is 0 Å². The van der Waals surface area contributed by atoms with Crippen molar-refractivity contribution in [2.45, 2.75) is 51.8 Å². The van der Waals surface area contributed by atoms with Crippen LogP contribution < -0.4 is 11.1 Å². The lowest BCUT2D eigenvalue weighted by Crippen LogP contribution is -2.61. The van der Waals surface area contributed by atoms with E-state index < -0.39 is 29.1 Å². The highest BCUT2D eigenvalue weighted by molar-refractivity contribution is 6.01. The fraction of sp³-hybridized carbons (Fsp3) is 0.818. The number of ether oxygens (including phenoxy) is 1. The number of nitrogens with one attached hydrogen (secondary N) is 1. The lowest BCUT2D eigenvalue weighted by Gasteiger charge is -2.38. The highest BCUT2D eigenvalue weighted by Crippen LogP contribution is 2.20. The molecule has 0 heterocycles. The molecule has 0 rings (SSSR count). The van der Waals surface area contributed by atoms with E-state index in [1.54, 1.807) is 34.6 Å². The zero-order valence-electron chi connectivity index (χ0n) is 11.0. The van der Waals surface area contributed by atoms with Gasteiger partial charge in [0, 0.05) is 0 Å². The van der Waals surface area contributed by atoms with Gasteiger partial charge in [-0.25, -0.2) is 4.79 Å². The van der Waals surface area contributed by atoms with Gasteiger partial charge in [-0.05, 0) is 34.6 Å². The Labute approximate surface area is 102 Å². The topological polar surface area (TPSA) is 102 Å². The lowest BCUT2D eigenvalue weighted by molar-refractivity contribution is -0.149. The quantitative estimate of drug-likeness (QED) is 0.450. The third-order valence-electron chi connectivity index (χ3n) is 2.79. The molecule has 0 bridgehead atoms. The standard InChI is InChI=1S/C11H22N2O4/c1-6-17-9(15)7(12)8(14)13-10(2,3)11(4,5)16/h7,16H,6,12H2,1-5H3,(H,13,14). The largest absolute Gasteiger partial charge is 0.464 e. The molecule has 6 heteroatoms. The molecule has 1 atom stereocenters. The molecule has 6 nitrogen and oxygen atoms in total. The second kappa shape index (κ2) is 5.46. The molecule has 4 N–H and O–H groups in total. The summed E-state index contributed by atoms with van der Waals surface area (Å²) in [6.45, 7) is 8.19. The van der Waals surface area contributed by atoms with Crippen molar-refractivity contribution in [3.8, 4) is 0 Å². The maximum Gasteiger partial charge on any atom is 0.332 e. The van der Waals surface area contributed by atoms with Crippen LogP contribution in [0.3, 0.4) is 0 Å². The van der Waals surface area contributed by atoms with Crippen LogP contribution in [0.15, 0.2) is 0 Å². The molecule has 100 valence electrons. The fourth-order valence-corrected chi connectivity index (χ4v) is 0.878. The van der Waals surface area contributed by atoms with E-state index in [1.807, 2.05) is 0 Å². The predicted molar refractivity (Wildman–Crippen MR) is 63.1 cm³/mol. The van der Waals surface area contributed by atoms with E-state index in [-0.39, 0.29) is 6.61 Å². The normalized spacial score (nSPS) is 14.1. The van der Waals surface area contributed by atoms with Crippen LogP contribution in [0.5, 0.6) is 0 Å². The smallest absolute Gasteiger partial charge is 0.332 e. The Morgan fingerprint density at radius 2 is 1.82 bits per heavy atom. The molecule has 0 aromatic rings. The summed E-state index contributed by atoms with van der Waals surface area (Å²) < 4.78 is 4.64. The minimum Gasteiger partial charge on any atom is -0.464 e. The highest BCUT2D eigenvalue weighted by Gasteiger charge is 2.38. The van der Waals surface area contributed by atoms with Crippen molar-refractivity contribution in [1.29, 1.82) is 0 Å². The van der Waals surface area contributed by atoms with Gasteiger partial charge in [-0.2, -0.15) is 0 Å². The summed E-state index contributed by atoms with van der Waals surface area (Å²) in [4.78, 5) is 22.9. The third-order valence-corrected chi connectivity index (χ3v) is 2.79. The molecule has 1 unspecified atom stereocenters. The van der Waals surface area contributed by atoms with Crippen LogP contribution in [0.2, 0.25) is 0 Å². The predicted octanol–water partition coefficient (Wildman–Crippen LogP) is -0.457. The van der Waals surface area contributed by atoms with Crippen molar-refractivity contribution in [1.82, 2.24) is 5.32 Å². The van der Waals surface area contributed by atoms with Gasteiger partial charge >= 0.3 is 5.97 Å². The van der Waals surface area contributed by atoms with E-state index in [1.165, 1.54) is 0 Å². The summed E-state index contributed by atoms with van der Waals surface area (Å²) in [6.07, 6.45) is 0. The molecule has 0 radical (unpaired) electrons. The second-order valence-electron chi connectivity index (χ2n) is 4.90. The number of hydrogen-bond donors (Lipinski definition) is 3. The Balaban J connectivity index is 4.60. The first-order valence-electron chi connectivity index (χ1n) is 5.49. The van der Waals surface area contributed by atoms with Gasteiger partial charge in [0.15, 0.2) is 6.04 Å². The van der Waals surface area contributed by atoms with E-state index in [0.717, 1.165) is 0 Å². The first-order valence-corrected chi connectivity index (χ1v) is 5.49. The first-order chi connectivity index (χ1) is 7.53. The molecule has 0 aliphatic heterocycles. The van der Waals surface area contributed by atoms with Crippen LogP contribution in [0.4, 0.5) is 0 Å². The van der Waals surface area contributed by atoms with Gasteiger partial charge in [-0.15, -0.1) is 0 Å². The van der Waals surface area contributed by atoms with Crippen LogP contribution in [0.25, 0.3) is 0 Å². The minimum absolute atomic E-state index is 0.161. The zero-order valence-corrected chi connectivity index (χ0v) is 11.0. The van der Waals surface area contributed by atoms with Crippen molar-refractivity contribution in [2.24, 2.45) is 5.73 Å². The summed E-state index contributed by atoms with van der Waals surface area (Å²) in [5.41, 5.74) is 3.38. The Morgan fingerprint density at radius 3 is 2.18 bits per heavy atom. The lowest BCUT2D eigenvalue weighted by atomic mass is 9.86. The maximum absolute atomic E-state index is 11.7. The molecule has 0 saturated carbocycles. The van der Waals surface area contributed by atoms with Gasteiger partial charge < -0.3 is 20.9 Å². The molecular formula is C11H22N2O4. The van der Waals surface area contributed by atoms with Crippen LogP contribution >= 0.6 is 0 Å². The van der Waals surface area contributed by atoms with Gasteiger partial charge in [0.1, 0.15) is 0 Å². The molecule has 0 aliphatic carbocycles. The van der Waals surface area contributed by atoms with Crippen LogP contribution in [-0.4, -0.2) is 40.8 Å². The molecule has 0 fully saturated rings. The second-order valence-corrected chi connectivity index (χ2v) is 4.90. The monoisotopic (exact) mass is 246 g/mol. The summed E-state index contributed by atoms with van der Waals surface area (Å²) in [7, 11) is 0. The summed E-state index contributed by atoms with van der Waals surface area (Å²) in [5, 5.41) is 12.4. The van der Waals surface area contributed by atoms with Gasteiger partial charge in [0.25, 0.3) is 0 Å². The minimum atomic E-state index is -1.38. The molecule has 1 amide bonds. The van der Waals surface area contributed by atoms with Crippen molar-refractivity contribution in [3.05, 3.63) is 0 Å².